The molecule has 2 aliphatic rings. The Kier molecular flexibility index (Phi) is 2.46. The summed E-state index contributed by atoms with van der Waals surface area (Å²) in [6.07, 6.45) is 3.11. The van der Waals surface area contributed by atoms with Crippen molar-refractivity contribution in [3.05, 3.63) is 35.7 Å². The molecule has 20 heavy (non-hydrogen) atoms. The van der Waals surface area contributed by atoms with E-state index in [9.17, 15) is 0 Å². The minimum absolute atomic E-state index is 0.556. The predicted molar refractivity (Wildman–Crippen MR) is 81.2 cm³/mol. The first-order valence-corrected chi connectivity index (χ1v) is 7.17. The average Bonchev–Trinajstić information content (AvgIpc) is 2.80. The van der Waals surface area contributed by atoms with Crippen LogP contribution in [0.2, 0.25) is 0 Å². The Morgan fingerprint density at radius 1 is 1.30 bits per heavy atom. The molecule has 0 saturated carbocycles. The van der Waals surface area contributed by atoms with Crippen molar-refractivity contribution in [1.82, 2.24) is 9.97 Å². The van der Waals surface area contributed by atoms with Gasteiger partial charge in [0.15, 0.2) is 5.82 Å². The Labute approximate surface area is 118 Å². The number of nitrogens with zero attached hydrogens (tertiary/aromatic N) is 3. The molecule has 4 heterocycles. The quantitative estimate of drug-likeness (QED) is 0.861. The lowest BCUT2D eigenvalue weighted by Crippen LogP contribution is -2.33. The molecule has 1 N–H and O–H groups in total. The third kappa shape index (κ3) is 1.75. The van der Waals surface area contributed by atoms with E-state index in [4.69, 9.17) is 4.98 Å². The largest absolute Gasteiger partial charge is 0.366 e. The van der Waals surface area contributed by atoms with Gasteiger partial charge >= 0.3 is 0 Å². The first kappa shape index (κ1) is 11.7. The lowest BCUT2D eigenvalue weighted by atomic mass is 10.1. The summed E-state index contributed by atoms with van der Waals surface area (Å²) in [5.41, 5.74) is 5.69. The van der Waals surface area contributed by atoms with Gasteiger partial charge in [-0.25, -0.2) is 4.98 Å². The topological polar surface area (TPSA) is 41.1 Å². The van der Waals surface area contributed by atoms with Gasteiger partial charge in [-0.15, -0.1) is 0 Å². The van der Waals surface area contributed by atoms with Gasteiger partial charge in [0.25, 0.3) is 0 Å². The maximum Gasteiger partial charge on any atom is 0.150 e. The molecule has 2 aromatic heterocycles. The number of pyridine rings is 2. The number of aromatic nitrogens is 2. The third-order valence-corrected chi connectivity index (χ3v) is 4.24. The molecule has 2 bridgehead atoms. The highest BCUT2D eigenvalue weighted by Gasteiger charge is 2.32. The van der Waals surface area contributed by atoms with E-state index in [0.29, 0.717) is 6.04 Å². The minimum atomic E-state index is 0.556. The molecular formula is C16H18N4. The van der Waals surface area contributed by atoms with E-state index in [1.807, 2.05) is 19.2 Å². The molecule has 4 nitrogen and oxygen atoms in total. The van der Waals surface area contributed by atoms with E-state index in [-0.39, 0.29) is 0 Å². The minimum Gasteiger partial charge on any atom is -0.366 e. The van der Waals surface area contributed by atoms with Gasteiger partial charge in [-0.1, -0.05) is 0 Å². The van der Waals surface area contributed by atoms with E-state index in [1.165, 1.54) is 17.7 Å². The van der Waals surface area contributed by atoms with Crippen LogP contribution in [-0.2, 0) is 0 Å². The Morgan fingerprint density at radius 2 is 2.20 bits per heavy atom. The zero-order valence-corrected chi connectivity index (χ0v) is 11.8. The van der Waals surface area contributed by atoms with E-state index in [0.717, 1.165) is 35.9 Å². The van der Waals surface area contributed by atoms with Crippen LogP contribution in [0.5, 0.6) is 0 Å². The Balaban J connectivity index is 1.82. The van der Waals surface area contributed by atoms with Gasteiger partial charge in [-0.3, -0.25) is 4.98 Å². The second kappa shape index (κ2) is 4.20. The Morgan fingerprint density at radius 3 is 3.00 bits per heavy atom. The maximum atomic E-state index is 4.82. The molecule has 4 heteroatoms. The van der Waals surface area contributed by atoms with Crippen molar-refractivity contribution in [3.63, 3.8) is 0 Å². The van der Waals surface area contributed by atoms with E-state index in [1.54, 1.807) is 0 Å². The van der Waals surface area contributed by atoms with Crippen LogP contribution in [0.15, 0.2) is 24.4 Å². The molecule has 1 fully saturated rings. The molecular weight excluding hydrogens is 248 g/mol. The zero-order chi connectivity index (χ0) is 13.7. The summed E-state index contributed by atoms with van der Waals surface area (Å²) in [6, 6.07) is 6.85. The van der Waals surface area contributed by atoms with E-state index >= 15 is 0 Å². The highest BCUT2D eigenvalue weighted by molar-refractivity contribution is 5.77. The van der Waals surface area contributed by atoms with Gasteiger partial charge in [0.2, 0.25) is 0 Å². The van der Waals surface area contributed by atoms with Crippen molar-refractivity contribution >= 4 is 11.5 Å². The monoisotopic (exact) mass is 266 g/mol. The fraction of sp³-hybridized carbons (Fsp3) is 0.375. The molecule has 2 aromatic rings. The van der Waals surface area contributed by atoms with Crippen molar-refractivity contribution < 1.29 is 0 Å². The molecule has 1 atom stereocenters. The number of aryl methyl sites for hydroxylation is 2. The van der Waals surface area contributed by atoms with E-state index < -0.39 is 0 Å². The summed E-state index contributed by atoms with van der Waals surface area (Å²) in [6.45, 7) is 6.42. The first-order chi connectivity index (χ1) is 9.70. The number of hydrogen-bond acceptors (Lipinski definition) is 4. The summed E-state index contributed by atoms with van der Waals surface area (Å²) in [5.74, 6) is 1.04. The van der Waals surface area contributed by atoms with Gasteiger partial charge in [-0.2, -0.15) is 0 Å². The zero-order valence-electron chi connectivity index (χ0n) is 11.8. The van der Waals surface area contributed by atoms with Crippen molar-refractivity contribution in [1.29, 1.82) is 0 Å². The molecule has 0 spiro atoms. The van der Waals surface area contributed by atoms with Crippen molar-refractivity contribution in [2.75, 3.05) is 23.3 Å². The summed E-state index contributed by atoms with van der Waals surface area (Å²) in [7, 11) is 0. The number of nitrogens with one attached hydrogen (secondary N) is 1. The summed E-state index contributed by atoms with van der Waals surface area (Å²) >= 11 is 0. The second-order valence-corrected chi connectivity index (χ2v) is 5.79. The van der Waals surface area contributed by atoms with Crippen LogP contribution in [0.1, 0.15) is 17.7 Å². The summed E-state index contributed by atoms with van der Waals surface area (Å²) in [4.78, 5) is 11.6. The molecule has 2 aliphatic heterocycles. The number of rotatable bonds is 1. The predicted octanol–water partition coefficient (Wildman–Crippen LogP) is 2.76. The van der Waals surface area contributed by atoms with Crippen molar-refractivity contribution in [2.24, 2.45) is 0 Å². The number of anilines is 2. The molecule has 0 unspecified atom stereocenters. The first-order valence-electron chi connectivity index (χ1n) is 7.17. The highest BCUT2D eigenvalue weighted by atomic mass is 15.3. The summed E-state index contributed by atoms with van der Waals surface area (Å²) in [5, 5.41) is 3.58. The molecule has 0 amide bonds. The SMILES string of the molecule is Cc1ccc(-c2cc(C)c3c(n2)N[C@H]2CCN3C2)cn1. The fourth-order valence-corrected chi connectivity index (χ4v) is 3.21. The molecule has 0 radical (unpaired) electrons. The maximum absolute atomic E-state index is 4.82. The van der Waals surface area contributed by atoms with Gasteiger partial charge in [0.1, 0.15) is 0 Å². The normalized spacial score (nSPS) is 19.7. The van der Waals surface area contributed by atoms with Crippen LogP contribution in [0.25, 0.3) is 11.3 Å². The lowest BCUT2D eigenvalue weighted by Gasteiger charge is -2.29. The summed E-state index contributed by atoms with van der Waals surface area (Å²) < 4.78 is 0. The molecule has 0 aromatic carbocycles. The Bertz CT molecular complexity index is 663. The second-order valence-electron chi connectivity index (χ2n) is 5.79. The molecule has 4 rings (SSSR count). The number of fused-ring (bicyclic) bond motifs is 4. The lowest BCUT2D eigenvalue weighted by molar-refractivity contribution is 0.787. The molecule has 1 saturated heterocycles. The smallest absolute Gasteiger partial charge is 0.150 e. The molecule has 102 valence electrons. The van der Waals surface area contributed by atoms with Crippen LogP contribution in [0, 0.1) is 13.8 Å². The van der Waals surface area contributed by atoms with Gasteiger partial charge < -0.3 is 10.2 Å². The fourth-order valence-electron chi connectivity index (χ4n) is 3.21. The molecule has 0 aliphatic carbocycles. The average molecular weight is 266 g/mol. The van der Waals surface area contributed by atoms with Crippen LogP contribution in [0.4, 0.5) is 11.5 Å². The van der Waals surface area contributed by atoms with Gasteiger partial charge in [-0.05, 0) is 44.0 Å². The van der Waals surface area contributed by atoms with E-state index in [2.05, 4.69) is 34.3 Å². The van der Waals surface area contributed by atoms with Gasteiger partial charge in [0.05, 0.1) is 11.4 Å². The van der Waals surface area contributed by atoms with Crippen LogP contribution < -0.4 is 10.2 Å². The Hall–Kier alpha value is -2.10. The van der Waals surface area contributed by atoms with Crippen LogP contribution >= 0.6 is 0 Å². The van der Waals surface area contributed by atoms with Crippen molar-refractivity contribution in [2.45, 2.75) is 26.3 Å². The highest BCUT2D eigenvalue weighted by Crippen LogP contribution is 2.38. The number of hydrogen-bond donors (Lipinski definition) is 1. The van der Waals surface area contributed by atoms with Crippen molar-refractivity contribution in [3.8, 4) is 11.3 Å². The van der Waals surface area contributed by atoms with Crippen LogP contribution in [0.3, 0.4) is 0 Å². The third-order valence-electron chi connectivity index (χ3n) is 4.24. The van der Waals surface area contributed by atoms with Gasteiger partial charge in [0, 0.05) is 36.6 Å². The standard InChI is InChI=1S/C16H18N4/c1-10-7-14(12-4-3-11(2)17-8-12)19-16-15(10)20-6-5-13(9-20)18-16/h3-4,7-8,13H,5-6,9H2,1-2H3,(H,18,19)/t13-/m0/s1. The van der Waals surface area contributed by atoms with Crippen LogP contribution in [-0.4, -0.2) is 29.1 Å².